The van der Waals surface area contributed by atoms with Crippen molar-refractivity contribution >= 4 is 0 Å². The molecule has 0 radical (unpaired) electrons. The lowest BCUT2D eigenvalue weighted by Gasteiger charge is -2.27. The fourth-order valence-electron chi connectivity index (χ4n) is 2.25. The number of rotatable bonds is 2. The molecular formula is C13H17N3O3. The summed E-state index contributed by atoms with van der Waals surface area (Å²) in [4.78, 5) is 14.0. The molecule has 0 bridgehead atoms. The maximum absolute atomic E-state index is 11.8. The van der Waals surface area contributed by atoms with Crippen LogP contribution in [0.4, 0.5) is 0 Å². The Bertz CT molecular complexity index is 580. The summed E-state index contributed by atoms with van der Waals surface area (Å²) in [6, 6.07) is 1.92. The summed E-state index contributed by atoms with van der Waals surface area (Å²) in [6.45, 7) is 5.11. The molecule has 6 heteroatoms. The van der Waals surface area contributed by atoms with Crippen molar-refractivity contribution in [1.29, 1.82) is 5.26 Å². The fourth-order valence-corrected chi connectivity index (χ4v) is 2.25. The molecule has 0 spiro atoms. The first-order valence-electron chi connectivity index (χ1n) is 6.18. The minimum absolute atomic E-state index is 0.0620. The number of hydrogen-bond donors (Lipinski definition) is 1. The number of nitrogens with zero attached hydrogens (tertiary/aromatic N) is 3. The molecule has 1 aliphatic heterocycles. The van der Waals surface area contributed by atoms with Crippen molar-refractivity contribution in [3.05, 3.63) is 27.0 Å². The topological polar surface area (TPSA) is 78.5 Å². The number of hydrogen-bond acceptors (Lipinski definition) is 5. The fraction of sp³-hybridized carbons (Fsp3) is 0.538. The van der Waals surface area contributed by atoms with Gasteiger partial charge in [-0.15, -0.1) is 0 Å². The molecule has 1 N–H and O–H groups in total. The number of ether oxygens (including phenoxy) is 1. The van der Waals surface area contributed by atoms with Crippen molar-refractivity contribution in [2.75, 3.05) is 26.3 Å². The summed E-state index contributed by atoms with van der Waals surface area (Å²) >= 11 is 0. The molecule has 19 heavy (non-hydrogen) atoms. The van der Waals surface area contributed by atoms with E-state index in [1.165, 1.54) is 7.05 Å². The van der Waals surface area contributed by atoms with Gasteiger partial charge in [-0.2, -0.15) is 5.26 Å². The van der Waals surface area contributed by atoms with Crippen molar-refractivity contribution < 1.29 is 9.84 Å². The third-order valence-corrected chi connectivity index (χ3v) is 3.53. The van der Waals surface area contributed by atoms with Crippen molar-refractivity contribution in [1.82, 2.24) is 9.47 Å². The number of nitriles is 1. The van der Waals surface area contributed by atoms with Gasteiger partial charge in [0.05, 0.1) is 13.2 Å². The predicted molar refractivity (Wildman–Crippen MR) is 68.9 cm³/mol. The van der Waals surface area contributed by atoms with Crippen LogP contribution in [0.2, 0.25) is 0 Å². The van der Waals surface area contributed by atoms with E-state index >= 15 is 0 Å². The van der Waals surface area contributed by atoms with E-state index in [0.717, 1.165) is 17.7 Å². The van der Waals surface area contributed by atoms with Crippen LogP contribution in [-0.4, -0.2) is 40.9 Å². The number of morpholine rings is 1. The van der Waals surface area contributed by atoms with E-state index in [1.807, 2.05) is 6.07 Å². The van der Waals surface area contributed by atoms with E-state index in [2.05, 4.69) is 4.90 Å². The zero-order chi connectivity index (χ0) is 14.0. The molecule has 1 saturated heterocycles. The molecule has 2 rings (SSSR count). The monoisotopic (exact) mass is 263 g/mol. The molecule has 1 aromatic heterocycles. The van der Waals surface area contributed by atoms with Crippen LogP contribution in [0.25, 0.3) is 0 Å². The zero-order valence-corrected chi connectivity index (χ0v) is 11.1. The van der Waals surface area contributed by atoms with Crippen LogP contribution >= 0.6 is 0 Å². The maximum Gasteiger partial charge on any atom is 0.271 e. The molecule has 0 unspecified atom stereocenters. The molecule has 0 saturated carbocycles. The van der Waals surface area contributed by atoms with E-state index < -0.39 is 5.56 Å². The second kappa shape index (κ2) is 5.43. The number of aromatic nitrogens is 1. The summed E-state index contributed by atoms with van der Waals surface area (Å²) in [6.07, 6.45) is 0. The average Bonchev–Trinajstić information content (AvgIpc) is 2.43. The van der Waals surface area contributed by atoms with E-state index in [-0.39, 0.29) is 11.4 Å². The Hall–Kier alpha value is -1.84. The molecule has 1 aromatic rings. The van der Waals surface area contributed by atoms with Crippen LogP contribution in [0.15, 0.2) is 4.79 Å². The van der Waals surface area contributed by atoms with E-state index in [0.29, 0.717) is 30.9 Å². The third-order valence-electron chi connectivity index (χ3n) is 3.53. The van der Waals surface area contributed by atoms with Gasteiger partial charge in [0.15, 0.2) is 5.88 Å². The summed E-state index contributed by atoms with van der Waals surface area (Å²) in [5.74, 6) is -0.0620. The Balaban J connectivity index is 2.42. The van der Waals surface area contributed by atoms with Crippen molar-refractivity contribution in [2.45, 2.75) is 13.5 Å². The maximum atomic E-state index is 11.8. The highest BCUT2D eigenvalue weighted by Crippen LogP contribution is 2.22. The van der Waals surface area contributed by atoms with Gasteiger partial charge in [0.25, 0.3) is 5.56 Å². The Morgan fingerprint density at radius 2 is 2.05 bits per heavy atom. The standard InChI is InChI=1S/C13H17N3O3/c1-9-10(7-14)12(17)15(2)13(18)11(9)8-16-3-5-19-6-4-16/h18H,3-6,8H2,1-2H3. The quantitative estimate of drug-likeness (QED) is 0.819. The highest BCUT2D eigenvalue weighted by Gasteiger charge is 2.20. The van der Waals surface area contributed by atoms with Crippen molar-refractivity contribution in [3.63, 3.8) is 0 Å². The van der Waals surface area contributed by atoms with Crippen LogP contribution in [0.3, 0.4) is 0 Å². The van der Waals surface area contributed by atoms with Gasteiger partial charge in [0, 0.05) is 32.2 Å². The Kier molecular flexibility index (Phi) is 3.88. The van der Waals surface area contributed by atoms with Gasteiger partial charge in [-0.1, -0.05) is 0 Å². The molecule has 0 atom stereocenters. The Morgan fingerprint density at radius 3 is 2.63 bits per heavy atom. The molecule has 0 aliphatic carbocycles. The van der Waals surface area contributed by atoms with Crippen molar-refractivity contribution in [2.24, 2.45) is 7.05 Å². The van der Waals surface area contributed by atoms with Gasteiger partial charge >= 0.3 is 0 Å². The SMILES string of the molecule is Cc1c(CN2CCOCC2)c(O)n(C)c(=O)c1C#N. The van der Waals surface area contributed by atoms with Crippen LogP contribution in [0, 0.1) is 18.3 Å². The highest BCUT2D eigenvalue weighted by atomic mass is 16.5. The van der Waals surface area contributed by atoms with Gasteiger partial charge < -0.3 is 9.84 Å². The van der Waals surface area contributed by atoms with Crippen molar-refractivity contribution in [3.8, 4) is 11.9 Å². The Morgan fingerprint density at radius 1 is 1.42 bits per heavy atom. The van der Waals surface area contributed by atoms with Gasteiger partial charge in [0.1, 0.15) is 11.6 Å². The first kappa shape index (κ1) is 13.6. The summed E-state index contributed by atoms with van der Waals surface area (Å²) in [5, 5.41) is 19.2. The van der Waals surface area contributed by atoms with E-state index in [9.17, 15) is 9.90 Å². The van der Waals surface area contributed by atoms with Crippen LogP contribution in [0.1, 0.15) is 16.7 Å². The lowest BCUT2D eigenvalue weighted by Crippen LogP contribution is -2.36. The number of pyridine rings is 1. The zero-order valence-electron chi connectivity index (χ0n) is 11.1. The van der Waals surface area contributed by atoms with E-state index in [1.54, 1.807) is 6.92 Å². The lowest BCUT2D eigenvalue weighted by molar-refractivity contribution is 0.0336. The second-order valence-corrected chi connectivity index (χ2v) is 4.67. The first-order chi connectivity index (χ1) is 9.06. The minimum atomic E-state index is -0.455. The van der Waals surface area contributed by atoms with Crippen LogP contribution < -0.4 is 5.56 Å². The smallest absolute Gasteiger partial charge is 0.271 e. The summed E-state index contributed by atoms with van der Waals surface area (Å²) in [5.41, 5.74) is 0.849. The van der Waals surface area contributed by atoms with Gasteiger partial charge in [0.2, 0.25) is 0 Å². The van der Waals surface area contributed by atoms with Crippen LogP contribution in [0.5, 0.6) is 5.88 Å². The first-order valence-corrected chi connectivity index (χ1v) is 6.18. The molecule has 0 amide bonds. The average molecular weight is 263 g/mol. The lowest BCUT2D eigenvalue weighted by atomic mass is 10.0. The molecular weight excluding hydrogens is 246 g/mol. The molecule has 6 nitrogen and oxygen atoms in total. The summed E-state index contributed by atoms with van der Waals surface area (Å²) < 4.78 is 6.40. The highest BCUT2D eigenvalue weighted by molar-refractivity contribution is 5.45. The number of aromatic hydroxyl groups is 1. The van der Waals surface area contributed by atoms with Gasteiger partial charge in [-0.05, 0) is 12.5 Å². The summed E-state index contributed by atoms with van der Waals surface area (Å²) in [7, 11) is 1.47. The molecule has 0 aromatic carbocycles. The molecule has 2 heterocycles. The molecule has 1 aliphatic rings. The van der Waals surface area contributed by atoms with Gasteiger partial charge in [-0.3, -0.25) is 14.3 Å². The predicted octanol–water partition coefficient (Wildman–Crippen LogP) is 0.103. The second-order valence-electron chi connectivity index (χ2n) is 4.67. The minimum Gasteiger partial charge on any atom is -0.494 e. The normalized spacial score (nSPS) is 16.3. The molecule has 102 valence electrons. The Labute approximate surface area is 111 Å². The van der Waals surface area contributed by atoms with Gasteiger partial charge in [-0.25, -0.2) is 0 Å². The van der Waals surface area contributed by atoms with E-state index in [4.69, 9.17) is 10.00 Å². The van der Waals surface area contributed by atoms with Crippen LogP contribution in [-0.2, 0) is 18.3 Å². The largest absolute Gasteiger partial charge is 0.494 e. The molecule has 1 fully saturated rings. The third kappa shape index (κ3) is 2.48.